The van der Waals surface area contributed by atoms with Crippen molar-refractivity contribution in [1.82, 2.24) is 0 Å². The number of anilines is 1. The van der Waals surface area contributed by atoms with Crippen LogP contribution in [-0.4, -0.2) is 14.6 Å². The molecule has 0 aliphatic rings. The Morgan fingerprint density at radius 1 is 1.04 bits per heavy atom. The Kier molecular flexibility index (Phi) is 4.96. The maximum Gasteiger partial charge on any atom is 0.261 e. The molecule has 3 rings (SSSR count). The molecule has 0 fully saturated rings. The Morgan fingerprint density at radius 3 is 2.32 bits per heavy atom. The highest BCUT2D eigenvalue weighted by atomic mass is 32.2. The van der Waals surface area contributed by atoms with E-state index < -0.39 is 15.8 Å². The van der Waals surface area contributed by atoms with E-state index in [0.717, 1.165) is 10.4 Å². The summed E-state index contributed by atoms with van der Waals surface area (Å²) in [5.74, 6) is -0.425. The molecule has 0 atom stereocenters. The van der Waals surface area contributed by atoms with Crippen molar-refractivity contribution in [2.45, 2.75) is 11.8 Å². The van der Waals surface area contributed by atoms with E-state index in [9.17, 15) is 12.8 Å². The summed E-state index contributed by atoms with van der Waals surface area (Å²) < 4.78 is 40.0. The first kappa shape index (κ1) is 17.3. The van der Waals surface area contributed by atoms with Crippen LogP contribution in [0.15, 0.2) is 69.9 Å². The summed E-state index contributed by atoms with van der Waals surface area (Å²) in [5.41, 5.74) is 2.11. The normalized spacial score (nSPS) is 11.8. The monoisotopic (exact) mass is 374 g/mol. The fourth-order valence-corrected chi connectivity index (χ4v) is 3.94. The van der Waals surface area contributed by atoms with Gasteiger partial charge >= 0.3 is 0 Å². The topological polar surface area (TPSA) is 58.5 Å². The van der Waals surface area contributed by atoms with Gasteiger partial charge in [-0.1, -0.05) is 0 Å². The van der Waals surface area contributed by atoms with Gasteiger partial charge in [0, 0.05) is 16.8 Å². The molecule has 0 unspecified atom stereocenters. The Bertz CT molecular complexity index is 992. The highest BCUT2D eigenvalue weighted by Crippen LogP contribution is 2.21. The van der Waals surface area contributed by atoms with Crippen LogP contribution in [0.2, 0.25) is 0 Å². The first-order valence-electron chi connectivity index (χ1n) is 7.41. The molecule has 1 aromatic heterocycles. The summed E-state index contributed by atoms with van der Waals surface area (Å²) in [4.78, 5) is 5.53. The molecule has 1 heterocycles. The molecule has 128 valence electrons. The Morgan fingerprint density at radius 2 is 1.72 bits per heavy atom. The lowest BCUT2D eigenvalue weighted by atomic mass is 10.3. The SMILES string of the molecule is Cc1ccsc1C=Nc1ccc(S(=O)(=O)Nc2ccc(F)cc2)cc1. The smallest absolute Gasteiger partial charge is 0.261 e. The number of sulfonamides is 1. The van der Waals surface area contributed by atoms with Crippen LogP contribution in [0, 0.1) is 12.7 Å². The third kappa shape index (κ3) is 4.32. The molecular formula is C18H15FN2O2S2. The van der Waals surface area contributed by atoms with E-state index in [1.165, 1.54) is 36.4 Å². The van der Waals surface area contributed by atoms with Gasteiger partial charge in [0.1, 0.15) is 5.82 Å². The second-order valence-electron chi connectivity index (χ2n) is 5.33. The summed E-state index contributed by atoms with van der Waals surface area (Å²) in [6.07, 6.45) is 1.76. The van der Waals surface area contributed by atoms with Gasteiger partial charge in [0.05, 0.1) is 10.6 Å². The minimum absolute atomic E-state index is 0.114. The summed E-state index contributed by atoms with van der Waals surface area (Å²) in [5, 5.41) is 1.99. The van der Waals surface area contributed by atoms with Crippen LogP contribution < -0.4 is 4.72 Å². The number of thiophene rings is 1. The summed E-state index contributed by atoms with van der Waals surface area (Å²) in [7, 11) is -3.73. The lowest BCUT2D eigenvalue weighted by molar-refractivity contribution is 0.601. The van der Waals surface area contributed by atoms with Crippen LogP contribution in [0.4, 0.5) is 15.8 Å². The van der Waals surface area contributed by atoms with Crippen molar-refractivity contribution >= 4 is 38.9 Å². The third-order valence-corrected chi connectivity index (χ3v) is 5.83. The zero-order valence-corrected chi connectivity index (χ0v) is 14.9. The van der Waals surface area contributed by atoms with E-state index in [2.05, 4.69) is 9.71 Å². The number of nitrogens with one attached hydrogen (secondary N) is 1. The van der Waals surface area contributed by atoms with Gasteiger partial charge in [-0.25, -0.2) is 12.8 Å². The summed E-state index contributed by atoms with van der Waals surface area (Å²) in [6, 6.07) is 13.4. The van der Waals surface area contributed by atoms with Gasteiger partial charge in [-0.15, -0.1) is 11.3 Å². The van der Waals surface area contributed by atoms with Gasteiger partial charge in [0.25, 0.3) is 10.0 Å². The molecule has 2 aromatic carbocycles. The quantitative estimate of drug-likeness (QED) is 0.655. The number of aryl methyl sites for hydroxylation is 1. The molecule has 25 heavy (non-hydrogen) atoms. The number of halogens is 1. The molecule has 0 amide bonds. The van der Waals surface area contributed by atoms with Gasteiger partial charge in [-0.05, 0) is 72.5 Å². The predicted octanol–water partition coefficient (Wildman–Crippen LogP) is 4.75. The summed E-state index contributed by atoms with van der Waals surface area (Å²) in [6.45, 7) is 2.01. The molecule has 4 nitrogen and oxygen atoms in total. The number of aliphatic imine (C=N–C) groups is 1. The van der Waals surface area contributed by atoms with Gasteiger partial charge in [0.15, 0.2) is 0 Å². The van der Waals surface area contributed by atoms with Gasteiger partial charge in [-0.2, -0.15) is 0 Å². The average Bonchev–Trinajstić information content (AvgIpc) is 3.00. The van der Waals surface area contributed by atoms with Crippen molar-refractivity contribution in [3.8, 4) is 0 Å². The fraction of sp³-hybridized carbons (Fsp3) is 0.0556. The van der Waals surface area contributed by atoms with Crippen LogP contribution in [0.25, 0.3) is 0 Å². The molecule has 0 bridgehead atoms. The zero-order chi connectivity index (χ0) is 17.9. The highest BCUT2D eigenvalue weighted by molar-refractivity contribution is 7.92. The molecule has 0 aliphatic carbocycles. The molecule has 1 N–H and O–H groups in total. The standard InChI is InChI=1S/C18H15FN2O2S2/c1-13-10-11-24-18(13)12-20-15-6-8-17(9-7-15)25(22,23)21-16-4-2-14(19)3-5-16/h2-12,21H,1H3. The van der Waals surface area contributed by atoms with E-state index in [0.29, 0.717) is 11.4 Å². The first-order chi connectivity index (χ1) is 11.9. The maximum absolute atomic E-state index is 12.9. The van der Waals surface area contributed by atoms with Crippen LogP contribution in [-0.2, 0) is 10.0 Å². The van der Waals surface area contributed by atoms with E-state index in [1.807, 2.05) is 18.4 Å². The second kappa shape index (κ2) is 7.16. The molecule has 0 spiro atoms. The average molecular weight is 374 g/mol. The van der Waals surface area contributed by atoms with Crippen molar-refractivity contribution in [1.29, 1.82) is 0 Å². The molecule has 0 aliphatic heterocycles. The molecule has 3 aromatic rings. The number of rotatable bonds is 5. The highest BCUT2D eigenvalue weighted by Gasteiger charge is 2.13. The second-order valence-corrected chi connectivity index (χ2v) is 7.96. The minimum atomic E-state index is -3.73. The van der Waals surface area contributed by atoms with Crippen molar-refractivity contribution < 1.29 is 12.8 Å². The third-order valence-electron chi connectivity index (χ3n) is 3.48. The number of nitrogens with zero attached hydrogens (tertiary/aromatic N) is 1. The number of hydrogen-bond acceptors (Lipinski definition) is 4. The lowest BCUT2D eigenvalue weighted by Crippen LogP contribution is -2.12. The Balaban J connectivity index is 1.75. The van der Waals surface area contributed by atoms with Gasteiger partial charge in [-0.3, -0.25) is 9.71 Å². The van der Waals surface area contributed by atoms with Crippen molar-refractivity contribution in [2.24, 2.45) is 4.99 Å². The Hall–Kier alpha value is -2.51. The Labute approximate surface area is 149 Å². The minimum Gasteiger partial charge on any atom is -0.280 e. The lowest BCUT2D eigenvalue weighted by Gasteiger charge is -2.08. The van der Waals surface area contributed by atoms with Crippen molar-refractivity contribution in [2.75, 3.05) is 4.72 Å². The van der Waals surface area contributed by atoms with Crippen LogP contribution >= 0.6 is 11.3 Å². The fourth-order valence-electron chi connectivity index (χ4n) is 2.09. The van der Waals surface area contributed by atoms with Crippen molar-refractivity contribution in [3.63, 3.8) is 0 Å². The molecular weight excluding hydrogens is 359 g/mol. The number of hydrogen-bond donors (Lipinski definition) is 1. The predicted molar refractivity (Wildman–Crippen MR) is 100.0 cm³/mol. The zero-order valence-electron chi connectivity index (χ0n) is 13.3. The molecule has 0 saturated heterocycles. The van der Waals surface area contributed by atoms with Crippen LogP contribution in [0.3, 0.4) is 0 Å². The molecule has 0 saturated carbocycles. The van der Waals surface area contributed by atoms with E-state index in [1.54, 1.807) is 29.7 Å². The molecule has 0 radical (unpaired) electrons. The first-order valence-corrected chi connectivity index (χ1v) is 9.77. The van der Waals surface area contributed by atoms with Gasteiger partial charge in [0.2, 0.25) is 0 Å². The van der Waals surface area contributed by atoms with E-state index in [4.69, 9.17) is 0 Å². The van der Waals surface area contributed by atoms with Crippen LogP contribution in [0.5, 0.6) is 0 Å². The number of benzene rings is 2. The maximum atomic E-state index is 12.9. The van der Waals surface area contributed by atoms with E-state index >= 15 is 0 Å². The molecule has 7 heteroatoms. The summed E-state index contributed by atoms with van der Waals surface area (Å²) >= 11 is 1.60. The van der Waals surface area contributed by atoms with Gasteiger partial charge < -0.3 is 0 Å². The largest absolute Gasteiger partial charge is 0.280 e. The van der Waals surface area contributed by atoms with Crippen LogP contribution in [0.1, 0.15) is 10.4 Å². The van der Waals surface area contributed by atoms with Crippen molar-refractivity contribution in [3.05, 3.63) is 76.2 Å². The van der Waals surface area contributed by atoms with E-state index in [-0.39, 0.29) is 4.90 Å².